The Morgan fingerprint density at radius 3 is 2.50 bits per heavy atom. The summed E-state index contributed by atoms with van der Waals surface area (Å²) >= 11 is 7.50. The van der Waals surface area contributed by atoms with Gasteiger partial charge in [-0.15, -0.1) is 11.6 Å². The van der Waals surface area contributed by atoms with E-state index in [0.29, 0.717) is 11.0 Å². The molecular weight excluding hydrogens is 290 g/mol. The maximum absolute atomic E-state index is 10.6. The number of carbonyl (C=O) groups excluding carboxylic acids is 1. The zero-order chi connectivity index (χ0) is 9.23. The van der Waals surface area contributed by atoms with Gasteiger partial charge in [0.1, 0.15) is 0 Å². The van der Waals surface area contributed by atoms with Gasteiger partial charge in [0, 0.05) is 5.88 Å². The lowest BCUT2D eigenvalue weighted by Gasteiger charge is -2.01. The average Bonchev–Trinajstić information content (AvgIpc) is 2.10. The van der Waals surface area contributed by atoms with E-state index in [2.05, 4.69) is 0 Å². The van der Waals surface area contributed by atoms with Crippen LogP contribution < -0.4 is 0 Å². The molecule has 0 radical (unpaired) electrons. The van der Waals surface area contributed by atoms with E-state index in [0.717, 1.165) is 31.6 Å². The highest BCUT2D eigenvalue weighted by Gasteiger charge is 1.97. The minimum absolute atomic E-state index is 0.118. The Balaban J connectivity index is 2.95. The molecule has 0 aliphatic heterocycles. The highest BCUT2D eigenvalue weighted by Crippen LogP contribution is 2.01. The van der Waals surface area contributed by atoms with E-state index in [1.54, 1.807) is 0 Å². The van der Waals surface area contributed by atoms with Crippen LogP contribution in [0.3, 0.4) is 0 Å². The van der Waals surface area contributed by atoms with E-state index in [1.807, 2.05) is 22.6 Å². The van der Waals surface area contributed by atoms with Gasteiger partial charge in [-0.1, -0.05) is 35.4 Å². The molecule has 0 aromatic rings. The average molecular weight is 305 g/mol. The van der Waals surface area contributed by atoms with E-state index >= 15 is 0 Å². The van der Waals surface area contributed by atoms with Gasteiger partial charge in [-0.25, -0.2) is 0 Å². The van der Waals surface area contributed by atoms with Crippen LogP contribution in [-0.2, 0) is 9.53 Å². The lowest BCUT2D eigenvalue weighted by molar-refractivity contribution is -0.140. The molecule has 0 atom stereocenters. The Labute approximate surface area is 92.1 Å². The maximum Gasteiger partial charge on any atom is 0.315 e. The first-order valence-electron chi connectivity index (χ1n) is 4.08. The van der Waals surface area contributed by atoms with Crippen molar-refractivity contribution in [2.24, 2.45) is 0 Å². The molecule has 0 aromatic heterocycles. The summed E-state index contributed by atoms with van der Waals surface area (Å²) in [5.41, 5.74) is 0. The summed E-state index contributed by atoms with van der Waals surface area (Å²) in [6, 6.07) is 0. The Bertz CT molecular complexity index is 120. The third-order valence-electron chi connectivity index (χ3n) is 1.40. The number of halogens is 2. The first-order valence-corrected chi connectivity index (χ1v) is 6.15. The number of alkyl halides is 2. The van der Waals surface area contributed by atoms with Crippen molar-refractivity contribution in [1.29, 1.82) is 0 Å². The van der Waals surface area contributed by atoms with Crippen molar-refractivity contribution in [3.63, 3.8) is 0 Å². The third kappa shape index (κ3) is 8.59. The smallest absolute Gasteiger partial charge is 0.315 e. The molecule has 0 bridgehead atoms. The van der Waals surface area contributed by atoms with Crippen molar-refractivity contribution >= 4 is 40.2 Å². The van der Waals surface area contributed by atoms with Crippen LogP contribution >= 0.6 is 34.2 Å². The number of rotatable bonds is 7. The first kappa shape index (κ1) is 12.5. The Morgan fingerprint density at radius 2 is 1.92 bits per heavy atom. The zero-order valence-electron chi connectivity index (χ0n) is 7.02. The molecule has 0 heterocycles. The molecular formula is C8H14ClIO2. The van der Waals surface area contributed by atoms with E-state index in [9.17, 15) is 4.79 Å². The van der Waals surface area contributed by atoms with Crippen LogP contribution in [0.5, 0.6) is 0 Å². The van der Waals surface area contributed by atoms with Gasteiger partial charge in [0.05, 0.1) is 11.0 Å². The second-order valence-electron chi connectivity index (χ2n) is 2.46. The first-order chi connectivity index (χ1) is 5.81. The molecule has 2 nitrogen and oxygen atoms in total. The standard InChI is InChI=1S/C8H14ClIO2/c9-5-3-1-2-4-6-12-8(11)7-10/h1-7H2. The summed E-state index contributed by atoms with van der Waals surface area (Å²) in [5, 5.41) is 0. The third-order valence-corrected chi connectivity index (χ3v) is 2.29. The fraction of sp³-hybridized carbons (Fsp3) is 0.875. The Kier molecular flexibility index (Phi) is 9.97. The van der Waals surface area contributed by atoms with Crippen molar-refractivity contribution in [2.75, 3.05) is 16.9 Å². The number of ether oxygens (including phenoxy) is 1. The SMILES string of the molecule is O=C(CI)OCCCCCCCl. The molecule has 0 aromatic carbocycles. The van der Waals surface area contributed by atoms with Gasteiger partial charge in [0.2, 0.25) is 0 Å². The van der Waals surface area contributed by atoms with Crippen LogP contribution in [0.1, 0.15) is 25.7 Å². The molecule has 4 heteroatoms. The molecule has 0 amide bonds. The lowest BCUT2D eigenvalue weighted by Crippen LogP contribution is -2.06. The number of unbranched alkanes of at least 4 members (excludes halogenated alkanes) is 3. The van der Waals surface area contributed by atoms with Crippen LogP contribution in [0.2, 0.25) is 0 Å². The normalized spacial score (nSPS) is 9.83. The summed E-state index contributed by atoms with van der Waals surface area (Å²) in [6.07, 6.45) is 4.24. The van der Waals surface area contributed by atoms with Crippen LogP contribution in [0, 0.1) is 0 Å². The second-order valence-corrected chi connectivity index (χ2v) is 3.60. The van der Waals surface area contributed by atoms with Gasteiger partial charge >= 0.3 is 5.97 Å². The summed E-state index contributed by atoms with van der Waals surface area (Å²) in [6.45, 7) is 0.560. The molecule has 0 aliphatic rings. The van der Waals surface area contributed by atoms with E-state index in [4.69, 9.17) is 16.3 Å². The van der Waals surface area contributed by atoms with E-state index < -0.39 is 0 Å². The molecule has 0 aliphatic carbocycles. The molecule has 72 valence electrons. The summed E-state index contributed by atoms with van der Waals surface area (Å²) < 4.78 is 5.34. The number of hydrogen-bond acceptors (Lipinski definition) is 2. The van der Waals surface area contributed by atoms with Crippen molar-refractivity contribution in [3.05, 3.63) is 0 Å². The van der Waals surface area contributed by atoms with Gasteiger partial charge in [-0.05, 0) is 12.8 Å². The monoisotopic (exact) mass is 304 g/mol. The van der Waals surface area contributed by atoms with Crippen molar-refractivity contribution in [2.45, 2.75) is 25.7 Å². The molecule has 0 saturated carbocycles. The van der Waals surface area contributed by atoms with Crippen molar-refractivity contribution in [1.82, 2.24) is 0 Å². The van der Waals surface area contributed by atoms with Crippen LogP contribution in [-0.4, -0.2) is 22.9 Å². The zero-order valence-corrected chi connectivity index (χ0v) is 9.94. The predicted molar refractivity (Wildman–Crippen MR) is 59.0 cm³/mol. The highest BCUT2D eigenvalue weighted by atomic mass is 127. The molecule has 0 N–H and O–H groups in total. The molecule has 0 saturated heterocycles. The summed E-state index contributed by atoms with van der Waals surface area (Å²) in [5.74, 6) is 0.612. The quantitative estimate of drug-likeness (QED) is 0.313. The lowest BCUT2D eigenvalue weighted by atomic mass is 10.2. The highest BCUT2D eigenvalue weighted by molar-refractivity contribution is 14.1. The molecule has 0 fully saturated rings. The van der Waals surface area contributed by atoms with E-state index in [-0.39, 0.29) is 5.97 Å². The summed E-state index contributed by atoms with van der Waals surface area (Å²) in [7, 11) is 0. The van der Waals surface area contributed by atoms with Gasteiger partial charge in [0.25, 0.3) is 0 Å². The van der Waals surface area contributed by atoms with Crippen LogP contribution in [0.15, 0.2) is 0 Å². The van der Waals surface area contributed by atoms with Crippen LogP contribution in [0.4, 0.5) is 0 Å². The summed E-state index contributed by atoms with van der Waals surface area (Å²) in [4.78, 5) is 10.6. The maximum atomic E-state index is 10.6. The largest absolute Gasteiger partial charge is 0.465 e. The van der Waals surface area contributed by atoms with E-state index in [1.165, 1.54) is 0 Å². The predicted octanol–water partition coefficient (Wildman–Crippen LogP) is 2.76. The number of hydrogen-bond donors (Lipinski definition) is 0. The fourth-order valence-corrected chi connectivity index (χ4v) is 1.18. The molecule has 0 unspecified atom stereocenters. The number of carbonyl (C=O) groups is 1. The van der Waals surface area contributed by atoms with Gasteiger partial charge in [-0.3, -0.25) is 4.79 Å². The molecule has 0 spiro atoms. The van der Waals surface area contributed by atoms with Crippen molar-refractivity contribution in [3.8, 4) is 0 Å². The minimum atomic E-state index is -0.118. The second kappa shape index (κ2) is 9.58. The van der Waals surface area contributed by atoms with Crippen molar-refractivity contribution < 1.29 is 9.53 Å². The van der Waals surface area contributed by atoms with Gasteiger partial charge in [0.15, 0.2) is 0 Å². The molecule has 0 rings (SSSR count). The van der Waals surface area contributed by atoms with Gasteiger partial charge < -0.3 is 4.74 Å². The topological polar surface area (TPSA) is 26.3 Å². The van der Waals surface area contributed by atoms with Crippen LogP contribution in [0.25, 0.3) is 0 Å². The number of esters is 1. The Morgan fingerprint density at radius 1 is 1.25 bits per heavy atom. The minimum Gasteiger partial charge on any atom is -0.465 e. The molecule has 12 heavy (non-hydrogen) atoms. The Hall–Kier alpha value is 0.490. The fourth-order valence-electron chi connectivity index (χ4n) is 0.775. The van der Waals surface area contributed by atoms with Gasteiger partial charge in [-0.2, -0.15) is 0 Å².